The topological polar surface area (TPSA) is 49.3 Å². The predicted molar refractivity (Wildman–Crippen MR) is 59.2 cm³/mol. The number of carbonyl (C=O) groups is 1. The lowest BCUT2D eigenvalue weighted by Gasteiger charge is -2.06. The Morgan fingerprint density at radius 2 is 2.36 bits per heavy atom. The van der Waals surface area contributed by atoms with Gasteiger partial charge in [-0.2, -0.15) is 0 Å². The first-order valence-corrected chi connectivity index (χ1v) is 5.54. The van der Waals surface area contributed by atoms with E-state index in [-0.39, 0.29) is 0 Å². The molecule has 0 aromatic carbocycles. The van der Waals surface area contributed by atoms with Crippen LogP contribution in [0.5, 0.6) is 0 Å². The molecule has 0 aliphatic rings. The highest BCUT2D eigenvalue weighted by atomic mass is 32.1. The zero-order valence-corrected chi connectivity index (χ0v) is 9.23. The van der Waals surface area contributed by atoms with Gasteiger partial charge >= 0.3 is 5.97 Å². The molecule has 1 rings (SSSR count). The minimum absolute atomic E-state index is 0.374. The molecule has 0 aliphatic heterocycles. The Morgan fingerprint density at radius 3 is 2.93 bits per heavy atom. The van der Waals surface area contributed by atoms with Gasteiger partial charge in [-0.25, -0.2) is 4.79 Å². The average Bonchev–Trinajstić information content (AvgIpc) is 2.51. The molecule has 0 saturated carbocycles. The largest absolute Gasteiger partial charge is 0.478 e. The molecular weight excluding hydrogens is 198 g/mol. The molecule has 2 N–H and O–H groups in total. The number of carboxylic acid groups (broad SMARTS) is 1. The smallest absolute Gasteiger partial charge is 0.338 e. The van der Waals surface area contributed by atoms with Crippen LogP contribution in [0.2, 0.25) is 0 Å². The van der Waals surface area contributed by atoms with E-state index >= 15 is 0 Å². The van der Waals surface area contributed by atoms with E-state index in [4.69, 9.17) is 5.11 Å². The molecule has 0 aliphatic carbocycles. The third-order valence-corrected chi connectivity index (χ3v) is 2.77. The summed E-state index contributed by atoms with van der Waals surface area (Å²) in [5.74, 6) is -0.228. The summed E-state index contributed by atoms with van der Waals surface area (Å²) in [5.41, 5.74) is 0.374. The van der Waals surface area contributed by atoms with Crippen molar-refractivity contribution in [1.82, 2.24) is 0 Å². The second-order valence-electron chi connectivity index (χ2n) is 3.58. The molecule has 14 heavy (non-hydrogen) atoms. The van der Waals surface area contributed by atoms with Gasteiger partial charge in [0.1, 0.15) is 5.00 Å². The van der Waals surface area contributed by atoms with Gasteiger partial charge in [-0.15, -0.1) is 11.3 Å². The molecule has 0 unspecified atom stereocenters. The Morgan fingerprint density at radius 1 is 1.64 bits per heavy atom. The van der Waals surface area contributed by atoms with Crippen molar-refractivity contribution in [3.8, 4) is 0 Å². The van der Waals surface area contributed by atoms with Crippen LogP contribution in [0.3, 0.4) is 0 Å². The Balaban J connectivity index is 2.50. The standard InChI is InChI=1S/C10H15NO2S/c1-7(2)3-5-11-9-8(10(12)13)4-6-14-9/h4,6-7,11H,3,5H2,1-2H3,(H,12,13). The molecule has 0 spiro atoms. The van der Waals surface area contributed by atoms with Gasteiger partial charge in [0.05, 0.1) is 5.56 Å². The Labute approximate surface area is 87.8 Å². The Hall–Kier alpha value is -1.03. The van der Waals surface area contributed by atoms with Crippen LogP contribution in [0.1, 0.15) is 30.6 Å². The van der Waals surface area contributed by atoms with E-state index in [0.29, 0.717) is 11.5 Å². The van der Waals surface area contributed by atoms with Crippen molar-refractivity contribution < 1.29 is 9.90 Å². The zero-order chi connectivity index (χ0) is 10.6. The third kappa shape index (κ3) is 3.03. The number of aromatic carboxylic acids is 1. The van der Waals surface area contributed by atoms with Crippen molar-refractivity contribution in [2.75, 3.05) is 11.9 Å². The molecule has 0 atom stereocenters. The summed E-state index contributed by atoms with van der Waals surface area (Å²) in [6.45, 7) is 5.13. The van der Waals surface area contributed by atoms with Crippen LogP contribution in [0.15, 0.2) is 11.4 Å². The second-order valence-corrected chi connectivity index (χ2v) is 4.49. The van der Waals surface area contributed by atoms with E-state index in [1.165, 1.54) is 11.3 Å². The van der Waals surface area contributed by atoms with Crippen molar-refractivity contribution in [2.45, 2.75) is 20.3 Å². The molecule has 4 heteroatoms. The van der Waals surface area contributed by atoms with Crippen molar-refractivity contribution in [3.63, 3.8) is 0 Å². The Bertz CT molecular complexity index is 307. The number of anilines is 1. The van der Waals surface area contributed by atoms with E-state index in [2.05, 4.69) is 19.2 Å². The maximum atomic E-state index is 10.7. The minimum Gasteiger partial charge on any atom is -0.478 e. The predicted octanol–water partition coefficient (Wildman–Crippen LogP) is 2.90. The van der Waals surface area contributed by atoms with Crippen molar-refractivity contribution in [1.29, 1.82) is 0 Å². The highest BCUT2D eigenvalue weighted by Crippen LogP contribution is 2.23. The fourth-order valence-electron chi connectivity index (χ4n) is 1.09. The van der Waals surface area contributed by atoms with Gasteiger partial charge in [-0.3, -0.25) is 0 Å². The first kappa shape index (κ1) is 11.0. The van der Waals surface area contributed by atoms with Crippen LogP contribution in [0.25, 0.3) is 0 Å². The first-order valence-electron chi connectivity index (χ1n) is 4.66. The van der Waals surface area contributed by atoms with Crippen LogP contribution in [-0.2, 0) is 0 Å². The second kappa shape index (κ2) is 5.00. The van der Waals surface area contributed by atoms with Gasteiger partial charge in [-0.1, -0.05) is 13.8 Å². The van der Waals surface area contributed by atoms with Gasteiger partial charge in [0, 0.05) is 6.54 Å². The van der Waals surface area contributed by atoms with E-state index in [1.807, 2.05) is 0 Å². The van der Waals surface area contributed by atoms with Crippen molar-refractivity contribution in [3.05, 3.63) is 17.0 Å². The number of rotatable bonds is 5. The summed E-state index contributed by atoms with van der Waals surface area (Å²) in [5, 5.41) is 14.5. The number of thiophene rings is 1. The summed E-state index contributed by atoms with van der Waals surface area (Å²) < 4.78 is 0. The maximum Gasteiger partial charge on any atom is 0.338 e. The molecular formula is C10H15NO2S. The van der Waals surface area contributed by atoms with Gasteiger partial charge in [0.25, 0.3) is 0 Å². The van der Waals surface area contributed by atoms with E-state index in [9.17, 15) is 4.79 Å². The summed E-state index contributed by atoms with van der Waals surface area (Å²) in [6.07, 6.45) is 1.05. The number of hydrogen-bond donors (Lipinski definition) is 2. The molecule has 1 aromatic rings. The maximum absolute atomic E-state index is 10.7. The molecule has 1 heterocycles. The van der Waals surface area contributed by atoms with Crippen LogP contribution in [0.4, 0.5) is 5.00 Å². The molecule has 3 nitrogen and oxygen atoms in total. The zero-order valence-electron chi connectivity index (χ0n) is 8.41. The molecule has 78 valence electrons. The lowest BCUT2D eigenvalue weighted by molar-refractivity contribution is 0.0698. The van der Waals surface area contributed by atoms with E-state index in [1.54, 1.807) is 11.4 Å². The van der Waals surface area contributed by atoms with Gasteiger partial charge in [0.2, 0.25) is 0 Å². The molecule has 0 saturated heterocycles. The molecule has 0 fully saturated rings. The van der Waals surface area contributed by atoms with Crippen LogP contribution in [-0.4, -0.2) is 17.6 Å². The lowest BCUT2D eigenvalue weighted by atomic mass is 10.1. The van der Waals surface area contributed by atoms with Crippen LogP contribution < -0.4 is 5.32 Å². The number of nitrogens with one attached hydrogen (secondary N) is 1. The van der Waals surface area contributed by atoms with Crippen molar-refractivity contribution in [2.24, 2.45) is 5.92 Å². The third-order valence-electron chi connectivity index (χ3n) is 1.90. The normalized spacial score (nSPS) is 10.5. The van der Waals surface area contributed by atoms with Crippen LogP contribution in [0, 0.1) is 5.92 Å². The summed E-state index contributed by atoms with van der Waals surface area (Å²) in [4.78, 5) is 10.7. The SMILES string of the molecule is CC(C)CCNc1sccc1C(=O)O. The van der Waals surface area contributed by atoms with Crippen LogP contribution >= 0.6 is 11.3 Å². The van der Waals surface area contributed by atoms with E-state index in [0.717, 1.165) is 18.0 Å². The average molecular weight is 213 g/mol. The Kier molecular flexibility index (Phi) is 3.95. The molecule has 0 bridgehead atoms. The summed E-state index contributed by atoms with van der Waals surface area (Å²) >= 11 is 1.44. The van der Waals surface area contributed by atoms with Gasteiger partial charge in [0.15, 0.2) is 0 Å². The highest BCUT2D eigenvalue weighted by molar-refractivity contribution is 7.14. The first-order chi connectivity index (χ1) is 6.61. The van der Waals surface area contributed by atoms with Gasteiger partial charge in [-0.05, 0) is 23.8 Å². The van der Waals surface area contributed by atoms with Crippen molar-refractivity contribution >= 4 is 22.3 Å². The minimum atomic E-state index is -0.863. The highest BCUT2D eigenvalue weighted by Gasteiger charge is 2.10. The number of carboxylic acids is 1. The fraction of sp³-hybridized carbons (Fsp3) is 0.500. The lowest BCUT2D eigenvalue weighted by Crippen LogP contribution is -2.06. The molecule has 0 amide bonds. The van der Waals surface area contributed by atoms with E-state index < -0.39 is 5.97 Å². The summed E-state index contributed by atoms with van der Waals surface area (Å²) in [7, 11) is 0. The monoisotopic (exact) mass is 213 g/mol. The fourth-order valence-corrected chi connectivity index (χ4v) is 1.90. The van der Waals surface area contributed by atoms with Gasteiger partial charge < -0.3 is 10.4 Å². The number of hydrogen-bond acceptors (Lipinski definition) is 3. The summed E-state index contributed by atoms with van der Waals surface area (Å²) in [6, 6.07) is 1.63. The molecule has 0 radical (unpaired) electrons. The molecule has 1 aromatic heterocycles. The quantitative estimate of drug-likeness (QED) is 0.790.